The highest BCUT2D eigenvalue weighted by Gasteiger charge is 2.34. The summed E-state index contributed by atoms with van der Waals surface area (Å²) in [6, 6.07) is 1.94. The number of nitrogens with one attached hydrogen (secondary N) is 1. The molecule has 1 aliphatic heterocycles. The van der Waals surface area contributed by atoms with Crippen LogP contribution in [0, 0.1) is 19.3 Å². The summed E-state index contributed by atoms with van der Waals surface area (Å²) in [5.74, 6) is 1.95. The number of rotatable bonds is 2. The van der Waals surface area contributed by atoms with Crippen LogP contribution in [-0.2, 0) is 4.79 Å². The normalized spacial score (nSPS) is 18.2. The zero-order valence-electron chi connectivity index (χ0n) is 15.1. The molecule has 1 saturated heterocycles. The number of aryl methyl sites for hydroxylation is 2. The molecule has 0 radical (unpaired) electrons. The van der Waals surface area contributed by atoms with Crippen molar-refractivity contribution in [1.29, 1.82) is 0 Å². The zero-order chi connectivity index (χ0) is 17.5. The highest BCUT2D eigenvalue weighted by atomic mass is 16.2. The Balaban J connectivity index is 1.83. The van der Waals surface area contributed by atoms with Crippen molar-refractivity contribution in [3.8, 4) is 11.5 Å². The second-order valence-corrected chi connectivity index (χ2v) is 7.65. The average Bonchev–Trinajstić information content (AvgIpc) is 3.13. The van der Waals surface area contributed by atoms with Gasteiger partial charge in [0.1, 0.15) is 11.5 Å². The molecular weight excluding hydrogens is 302 g/mol. The summed E-state index contributed by atoms with van der Waals surface area (Å²) >= 11 is 0. The molecule has 1 atom stereocenters. The molecule has 1 N–H and O–H groups in total. The van der Waals surface area contributed by atoms with Crippen LogP contribution < -0.4 is 0 Å². The fourth-order valence-electron chi connectivity index (χ4n) is 3.07. The van der Waals surface area contributed by atoms with E-state index in [2.05, 4.69) is 15.0 Å². The Morgan fingerprint density at radius 1 is 1.29 bits per heavy atom. The maximum atomic E-state index is 12.5. The fourth-order valence-corrected chi connectivity index (χ4v) is 3.07. The maximum Gasteiger partial charge on any atom is 0.227 e. The predicted molar refractivity (Wildman–Crippen MR) is 92.5 cm³/mol. The summed E-state index contributed by atoms with van der Waals surface area (Å²) in [5.41, 5.74) is 2.39. The van der Waals surface area contributed by atoms with E-state index in [1.165, 1.54) is 0 Å². The van der Waals surface area contributed by atoms with E-state index in [9.17, 15) is 4.79 Å². The first-order chi connectivity index (χ1) is 11.2. The van der Waals surface area contributed by atoms with Crippen LogP contribution in [0.1, 0.15) is 50.3 Å². The first kappa shape index (κ1) is 16.6. The summed E-state index contributed by atoms with van der Waals surface area (Å²) < 4.78 is 0. The van der Waals surface area contributed by atoms with Gasteiger partial charge in [-0.05, 0) is 26.3 Å². The molecular formula is C18H25N5O. The van der Waals surface area contributed by atoms with Gasteiger partial charge < -0.3 is 9.88 Å². The van der Waals surface area contributed by atoms with Gasteiger partial charge in [-0.15, -0.1) is 0 Å². The van der Waals surface area contributed by atoms with Crippen LogP contribution >= 0.6 is 0 Å². The van der Waals surface area contributed by atoms with E-state index in [1.54, 1.807) is 6.20 Å². The van der Waals surface area contributed by atoms with Crippen molar-refractivity contribution in [1.82, 2.24) is 24.8 Å². The Hall–Kier alpha value is -2.24. The van der Waals surface area contributed by atoms with Gasteiger partial charge in [-0.2, -0.15) is 0 Å². The van der Waals surface area contributed by atoms with E-state index < -0.39 is 0 Å². The van der Waals surface area contributed by atoms with Crippen LogP contribution in [0.15, 0.2) is 12.3 Å². The van der Waals surface area contributed by atoms with Crippen molar-refractivity contribution < 1.29 is 4.79 Å². The average molecular weight is 327 g/mol. The summed E-state index contributed by atoms with van der Waals surface area (Å²) in [6.07, 6.45) is 2.70. The molecule has 3 heterocycles. The predicted octanol–water partition coefficient (Wildman–Crippen LogP) is 2.85. The molecule has 0 spiro atoms. The standard InChI is InChI=1S/C18H25N5O/c1-11-8-14(16-19-9-12(2)21-16)22-15(20-11)13-6-7-23(10-13)17(24)18(3,4)5/h8-9,13H,6-7,10H2,1-5H3,(H,19,21). The van der Waals surface area contributed by atoms with Crippen molar-refractivity contribution in [2.75, 3.05) is 13.1 Å². The molecule has 24 heavy (non-hydrogen) atoms. The van der Waals surface area contributed by atoms with Gasteiger partial charge in [0.05, 0.1) is 0 Å². The second kappa shape index (κ2) is 6.00. The van der Waals surface area contributed by atoms with Crippen LogP contribution in [0.4, 0.5) is 0 Å². The van der Waals surface area contributed by atoms with Crippen LogP contribution in [-0.4, -0.2) is 43.8 Å². The van der Waals surface area contributed by atoms with E-state index in [4.69, 9.17) is 4.98 Å². The third-order valence-electron chi connectivity index (χ3n) is 4.30. The smallest absolute Gasteiger partial charge is 0.227 e. The van der Waals surface area contributed by atoms with Crippen molar-refractivity contribution in [2.24, 2.45) is 5.41 Å². The van der Waals surface area contributed by atoms with E-state index in [0.717, 1.165) is 41.7 Å². The number of amides is 1. The fraction of sp³-hybridized carbons (Fsp3) is 0.556. The molecule has 2 aromatic heterocycles. The van der Waals surface area contributed by atoms with Gasteiger partial charge in [-0.1, -0.05) is 20.8 Å². The molecule has 1 fully saturated rings. The van der Waals surface area contributed by atoms with Gasteiger partial charge in [-0.3, -0.25) is 4.79 Å². The number of hydrogen-bond donors (Lipinski definition) is 1. The molecule has 0 bridgehead atoms. The van der Waals surface area contributed by atoms with Gasteiger partial charge in [0.25, 0.3) is 0 Å². The molecule has 2 aromatic rings. The van der Waals surface area contributed by atoms with Crippen molar-refractivity contribution >= 4 is 5.91 Å². The molecule has 3 rings (SSSR count). The third-order valence-corrected chi connectivity index (χ3v) is 4.30. The molecule has 6 nitrogen and oxygen atoms in total. The minimum atomic E-state index is -0.348. The highest BCUT2D eigenvalue weighted by Crippen LogP contribution is 2.29. The molecule has 1 aliphatic rings. The summed E-state index contributed by atoms with van der Waals surface area (Å²) in [4.78, 5) is 31.3. The molecule has 1 amide bonds. The first-order valence-corrected chi connectivity index (χ1v) is 8.41. The van der Waals surface area contributed by atoms with E-state index in [0.29, 0.717) is 6.54 Å². The lowest BCUT2D eigenvalue weighted by atomic mass is 9.95. The topological polar surface area (TPSA) is 74.8 Å². The lowest BCUT2D eigenvalue weighted by Crippen LogP contribution is -2.37. The third kappa shape index (κ3) is 3.32. The van der Waals surface area contributed by atoms with Gasteiger partial charge in [0.2, 0.25) is 5.91 Å². The SMILES string of the molecule is Cc1cc(-c2ncc(C)[nH]2)nc(C2CCN(C(=O)C(C)(C)C)C2)n1. The summed E-state index contributed by atoms with van der Waals surface area (Å²) in [7, 11) is 0. The number of H-pyrrole nitrogens is 1. The van der Waals surface area contributed by atoms with E-state index >= 15 is 0 Å². The number of imidazole rings is 1. The molecule has 128 valence electrons. The van der Waals surface area contributed by atoms with E-state index in [-0.39, 0.29) is 17.2 Å². The maximum absolute atomic E-state index is 12.5. The van der Waals surface area contributed by atoms with Crippen molar-refractivity contribution in [2.45, 2.75) is 47.0 Å². The number of nitrogens with zero attached hydrogens (tertiary/aromatic N) is 4. The second-order valence-electron chi connectivity index (χ2n) is 7.65. The Bertz CT molecular complexity index is 759. The minimum absolute atomic E-state index is 0.186. The Morgan fingerprint density at radius 3 is 2.67 bits per heavy atom. The number of likely N-dealkylation sites (tertiary alicyclic amines) is 1. The molecule has 0 aromatic carbocycles. The number of carbonyl (C=O) groups is 1. The van der Waals surface area contributed by atoms with Crippen LogP contribution in [0.25, 0.3) is 11.5 Å². The molecule has 1 unspecified atom stereocenters. The molecule has 0 saturated carbocycles. The van der Waals surface area contributed by atoms with Gasteiger partial charge >= 0.3 is 0 Å². The molecule has 0 aliphatic carbocycles. The summed E-state index contributed by atoms with van der Waals surface area (Å²) in [5, 5.41) is 0. The number of carbonyl (C=O) groups excluding carboxylic acids is 1. The van der Waals surface area contributed by atoms with Gasteiger partial charge in [-0.25, -0.2) is 15.0 Å². The Morgan fingerprint density at radius 2 is 2.04 bits per heavy atom. The summed E-state index contributed by atoms with van der Waals surface area (Å²) in [6.45, 7) is 11.3. The van der Waals surface area contributed by atoms with Gasteiger partial charge in [0, 0.05) is 42.0 Å². The zero-order valence-corrected chi connectivity index (χ0v) is 15.1. The Kier molecular flexibility index (Phi) is 4.15. The van der Waals surface area contributed by atoms with Crippen LogP contribution in [0.2, 0.25) is 0 Å². The Labute approximate surface area is 142 Å². The number of hydrogen-bond acceptors (Lipinski definition) is 4. The first-order valence-electron chi connectivity index (χ1n) is 8.41. The number of aromatic amines is 1. The lowest BCUT2D eigenvalue weighted by molar-refractivity contribution is -0.138. The quantitative estimate of drug-likeness (QED) is 0.920. The lowest BCUT2D eigenvalue weighted by Gasteiger charge is -2.25. The van der Waals surface area contributed by atoms with Crippen molar-refractivity contribution in [3.05, 3.63) is 29.5 Å². The largest absolute Gasteiger partial charge is 0.341 e. The van der Waals surface area contributed by atoms with Gasteiger partial charge in [0.15, 0.2) is 5.82 Å². The van der Waals surface area contributed by atoms with E-state index in [1.807, 2.05) is 45.6 Å². The van der Waals surface area contributed by atoms with Crippen molar-refractivity contribution in [3.63, 3.8) is 0 Å². The minimum Gasteiger partial charge on any atom is -0.341 e. The monoisotopic (exact) mass is 327 g/mol. The molecule has 6 heteroatoms. The van der Waals surface area contributed by atoms with Crippen LogP contribution in [0.3, 0.4) is 0 Å². The van der Waals surface area contributed by atoms with Crippen LogP contribution in [0.5, 0.6) is 0 Å². The number of aromatic nitrogens is 4. The highest BCUT2D eigenvalue weighted by molar-refractivity contribution is 5.81.